The maximum absolute atomic E-state index is 12.6. The van der Waals surface area contributed by atoms with Gasteiger partial charge in [-0.1, -0.05) is 18.2 Å². The summed E-state index contributed by atoms with van der Waals surface area (Å²) in [6.45, 7) is 1.13. The molecule has 4 nitrogen and oxygen atoms in total. The monoisotopic (exact) mass is 338 g/mol. The zero-order valence-corrected chi connectivity index (χ0v) is 12.9. The Morgan fingerprint density at radius 3 is 1.58 bits per heavy atom. The van der Waals surface area contributed by atoms with Gasteiger partial charge in [0.05, 0.1) is 5.56 Å². The fraction of sp³-hybridized carbons (Fsp3) is 0.294. The number of para-hydroxylation sites is 1. The van der Waals surface area contributed by atoms with E-state index in [4.69, 9.17) is 9.47 Å². The van der Waals surface area contributed by atoms with Crippen molar-refractivity contribution in [2.75, 3.05) is 36.7 Å². The SMILES string of the molecule is FC(F)(F)c1ccc(N2COCN(c3ccccc3)COC2)cc1. The van der Waals surface area contributed by atoms with E-state index < -0.39 is 11.7 Å². The highest BCUT2D eigenvalue weighted by Gasteiger charge is 2.30. The van der Waals surface area contributed by atoms with E-state index in [1.807, 2.05) is 35.2 Å². The van der Waals surface area contributed by atoms with Gasteiger partial charge in [0.15, 0.2) is 0 Å². The fourth-order valence-corrected chi connectivity index (χ4v) is 2.40. The Morgan fingerprint density at radius 2 is 1.12 bits per heavy atom. The Kier molecular flexibility index (Phi) is 4.92. The van der Waals surface area contributed by atoms with Crippen molar-refractivity contribution >= 4 is 11.4 Å². The van der Waals surface area contributed by atoms with Crippen LogP contribution in [0.3, 0.4) is 0 Å². The van der Waals surface area contributed by atoms with Gasteiger partial charge in [-0.2, -0.15) is 13.2 Å². The zero-order valence-electron chi connectivity index (χ0n) is 12.9. The van der Waals surface area contributed by atoms with Crippen molar-refractivity contribution in [3.05, 3.63) is 60.2 Å². The second kappa shape index (κ2) is 7.11. The van der Waals surface area contributed by atoms with Gasteiger partial charge in [-0.15, -0.1) is 0 Å². The van der Waals surface area contributed by atoms with Gasteiger partial charge in [-0.25, -0.2) is 0 Å². The van der Waals surface area contributed by atoms with Crippen LogP contribution in [0.5, 0.6) is 0 Å². The van der Waals surface area contributed by atoms with Crippen LogP contribution >= 0.6 is 0 Å². The number of anilines is 2. The molecule has 24 heavy (non-hydrogen) atoms. The Morgan fingerprint density at radius 1 is 0.667 bits per heavy atom. The van der Waals surface area contributed by atoms with Crippen molar-refractivity contribution in [3.8, 4) is 0 Å². The van der Waals surface area contributed by atoms with Crippen molar-refractivity contribution in [2.45, 2.75) is 6.18 Å². The predicted octanol–water partition coefficient (Wildman–Crippen LogP) is 3.90. The Labute approximate surface area is 138 Å². The molecule has 1 aliphatic heterocycles. The summed E-state index contributed by atoms with van der Waals surface area (Å²) in [6.07, 6.45) is -4.34. The summed E-state index contributed by atoms with van der Waals surface area (Å²) < 4.78 is 49.2. The molecule has 1 saturated heterocycles. The first-order chi connectivity index (χ1) is 11.5. The van der Waals surface area contributed by atoms with Crippen molar-refractivity contribution in [1.29, 1.82) is 0 Å². The Balaban J connectivity index is 1.62. The number of rotatable bonds is 2. The molecule has 0 atom stereocenters. The number of ether oxygens (including phenoxy) is 2. The molecule has 0 aliphatic carbocycles. The lowest BCUT2D eigenvalue weighted by atomic mass is 10.2. The molecular weight excluding hydrogens is 321 g/mol. The van der Waals surface area contributed by atoms with E-state index in [0.29, 0.717) is 19.1 Å². The molecule has 3 rings (SSSR count). The largest absolute Gasteiger partial charge is 0.416 e. The summed E-state index contributed by atoms with van der Waals surface area (Å²) in [5.41, 5.74) is 0.937. The van der Waals surface area contributed by atoms with Crippen molar-refractivity contribution in [1.82, 2.24) is 0 Å². The number of benzene rings is 2. The first-order valence-electron chi connectivity index (χ1n) is 7.42. The minimum Gasteiger partial charge on any atom is -0.341 e. The molecule has 0 N–H and O–H groups in total. The van der Waals surface area contributed by atoms with Crippen molar-refractivity contribution in [2.24, 2.45) is 0 Å². The van der Waals surface area contributed by atoms with Gasteiger partial charge in [-0.05, 0) is 36.4 Å². The van der Waals surface area contributed by atoms with E-state index >= 15 is 0 Å². The first kappa shape index (κ1) is 16.6. The second-order valence-corrected chi connectivity index (χ2v) is 5.38. The molecule has 0 saturated carbocycles. The van der Waals surface area contributed by atoms with Gasteiger partial charge in [-0.3, -0.25) is 0 Å². The van der Waals surface area contributed by atoms with Crippen LogP contribution in [0.2, 0.25) is 0 Å². The minimum atomic E-state index is -4.34. The van der Waals surface area contributed by atoms with E-state index in [1.165, 1.54) is 12.1 Å². The average Bonchev–Trinajstić information content (AvgIpc) is 2.55. The highest BCUT2D eigenvalue weighted by molar-refractivity contribution is 5.48. The molecule has 2 aromatic rings. The number of nitrogens with zero attached hydrogens (tertiary/aromatic N) is 2. The van der Waals surface area contributed by atoms with Gasteiger partial charge in [0.2, 0.25) is 0 Å². The quantitative estimate of drug-likeness (QED) is 0.829. The summed E-state index contributed by atoms with van der Waals surface area (Å²) in [5.74, 6) is 0. The topological polar surface area (TPSA) is 24.9 Å². The molecule has 0 aromatic heterocycles. The maximum Gasteiger partial charge on any atom is 0.416 e. The molecule has 0 amide bonds. The number of alkyl halides is 3. The van der Waals surface area contributed by atoms with Gasteiger partial charge >= 0.3 is 6.18 Å². The average molecular weight is 338 g/mol. The summed E-state index contributed by atoms with van der Waals surface area (Å²) >= 11 is 0. The van der Waals surface area contributed by atoms with Crippen molar-refractivity contribution in [3.63, 3.8) is 0 Å². The van der Waals surface area contributed by atoms with Gasteiger partial charge in [0.1, 0.15) is 26.9 Å². The predicted molar refractivity (Wildman–Crippen MR) is 84.5 cm³/mol. The molecular formula is C17H17F3N2O2. The number of hydrogen-bond acceptors (Lipinski definition) is 4. The molecule has 1 fully saturated rings. The lowest BCUT2D eigenvalue weighted by molar-refractivity contribution is -0.137. The molecule has 7 heteroatoms. The minimum absolute atomic E-state index is 0.231. The van der Waals surface area contributed by atoms with E-state index in [2.05, 4.69) is 0 Å². The van der Waals surface area contributed by atoms with Crippen LogP contribution in [0, 0.1) is 0 Å². The Bertz CT molecular complexity index is 637. The van der Waals surface area contributed by atoms with Crippen LogP contribution in [0.15, 0.2) is 54.6 Å². The number of halogens is 3. The molecule has 1 heterocycles. The molecule has 0 bridgehead atoms. The van der Waals surface area contributed by atoms with Crippen LogP contribution in [0.4, 0.5) is 24.5 Å². The molecule has 0 spiro atoms. The third kappa shape index (κ3) is 3.98. The molecule has 1 aliphatic rings. The summed E-state index contributed by atoms with van der Waals surface area (Å²) in [4.78, 5) is 3.67. The summed E-state index contributed by atoms with van der Waals surface area (Å²) in [7, 11) is 0. The van der Waals surface area contributed by atoms with Crippen LogP contribution in [-0.2, 0) is 15.7 Å². The molecule has 128 valence electrons. The van der Waals surface area contributed by atoms with E-state index in [-0.39, 0.29) is 13.5 Å². The standard InChI is InChI=1S/C17H17F3N2O2/c18-17(19,20)14-6-8-16(9-7-14)22-12-23-10-21(11-24-13-22)15-4-2-1-3-5-15/h1-9H,10-13H2. The van der Waals surface area contributed by atoms with Crippen molar-refractivity contribution < 1.29 is 22.6 Å². The molecule has 0 unspecified atom stereocenters. The van der Waals surface area contributed by atoms with Crippen LogP contribution in [-0.4, -0.2) is 26.9 Å². The normalized spacial score (nSPS) is 16.6. The van der Waals surface area contributed by atoms with Crippen LogP contribution < -0.4 is 9.80 Å². The maximum atomic E-state index is 12.6. The molecule has 2 aromatic carbocycles. The highest BCUT2D eigenvalue weighted by Crippen LogP contribution is 2.30. The molecule has 0 radical (unpaired) electrons. The van der Waals surface area contributed by atoms with Gasteiger partial charge in [0.25, 0.3) is 0 Å². The summed E-state index contributed by atoms with van der Waals surface area (Å²) in [6, 6.07) is 14.7. The van der Waals surface area contributed by atoms with Gasteiger partial charge in [0, 0.05) is 11.4 Å². The first-order valence-corrected chi connectivity index (χ1v) is 7.42. The Hall–Kier alpha value is -2.25. The number of hydrogen-bond donors (Lipinski definition) is 0. The summed E-state index contributed by atoms with van der Waals surface area (Å²) in [5, 5.41) is 0. The van der Waals surface area contributed by atoms with E-state index in [0.717, 1.165) is 17.8 Å². The van der Waals surface area contributed by atoms with Crippen LogP contribution in [0.25, 0.3) is 0 Å². The van der Waals surface area contributed by atoms with Crippen LogP contribution in [0.1, 0.15) is 5.56 Å². The lowest BCUT2D eigenvalue weighted by Gasteiger charge is -2.32. The lowest BCUT2D eigenvalue weighted by Crippen LogP contribution is -2.39. The zero-order chi connectivity index (χ0) is 17.0. The van der Waals surface area contributed by atoms with Gasteiger partial charge < -0.3 is 19.3 Å². The fourth-order valence-electron chi connectivity index (χ4n) is 2.40. The van der Waals surface area contributed by atoms with E-state index in [1.54, 1.807) is 4.90 Å². The second-order valence-electron chi connectivity index (χ2n) is 5.38. The third-order valence-electron chi connectivity index (χ3n) is 3.67. The smallest absolute Gasteiger partial charge is 0.341 e. The highest BCUT2D eigenvalue weighted by atomic mass is 19.4. The van der Waals surface area contributed by atoms with E-state index in [9.17, 15) is 13.2 Å². The third-order valence-corrected chi connectivity index (χ3v) is 3.67.